The van der Waals surface area contributed by atoms with Crippen LogP contribution in [-0.4, -0.2) is 8.42 Å². The SMILES string of the molecule is Cc1ccccc1CNS(=O)(=O)c1ccc(CN)cc1Br. The molecule has 0 saturated heterocycles. The fraction of sp³-hybridized carbons (Fsp3) is 0.200. The van der Waals surface area contributed by atoms with Crippen LogP contribution in [0.2, 0.25) is 0 Å². The summed E-state index contributed by atoms with van der Waals surface area (Å²) < 4.78 is 27.9. The smallest absolute Gasteiger partial charge is 0.241 e. The van der Waals surface area contributed by atoms with E-state index in [4.69, 9.17) is 5.73 Å². The summed E-state index contributed by atoms with van der Waals surface area (Å²) in [5.41, 5.74) is 8.43. The number of rotatable bonds is 5. The minimum absolute atomic E-state index is 0.216. The molecule has 6 heteroatoms. The van der Waals surface area contributed by atoms with E-state index in [2.05, 4.69) is 20.7 Å². The van der Waals surface area contributed by atoms with Gasteiger partial charge in [-0.2, -0.15) is 0 Å². The van der Waals surface area contributed by atoms with Crippen molar-refractivity contribution in [2.75, 3.05) is 0 Å². The molecular weight excluding hydrogens is 352 g/mol. The third-order valence-electron chi connectivity index (χ3n) is 3.24. The maximum Gasteiger partial charge on any atom is 0.241 e. The van der Waals surface area contributed by atoms with E-state index in [9.17, 15) is 8.42 Å². The van der Waals surface area contributed by atoms with Crippen LogP contribution in [0, 0.1) is 6.92 Å². The Balaban J connectivity index is 2.21. The molecule has 0 spiro atoms. The highest BCUT2D eigenvalue weighted by Crippen LogP contribution is 2.23. The van der Waals surface area contributed by atoms with E-state index in [0.29, 0.717) is 11.0 Å². The topological polar surface area (TPSA) is 72.2 Å². The van der Waals surface area contributed by atoms with Crippen LogP contribution in [0.25, 0.3) is 0 Å². The van der Waals surface area contributed by atoms with Gasteiger partial charge < -0.3 is 5.73 Å². The van der Waals surface area contributed by atoms with Crippen molar-refractivity contribution < 1.29 is 8.42 Å². The maximum absolute atomic E-state index is 12.4. The highest BCUT2D eigenvalue weighted by molar-refractivity contribution is 9.10. The molecule has 0 radical (unpaired) electrons. The van der Waals surface area contributed by atoms with E-state index in [1.54, 1.807) is 18.2 Å². The number of sulfonamides is 1. The highest BCUT2D eigenvalue weighted by atomic mass is 79.9. The molecule has 0 heterocycles. The highest BCUT2D eigenvalue weighted by Gasteiger charge is 2.17. The van der Waals surface area contributed by atoms with Gasteiger partial charge in [-0.15, -0.1) is 0 Å². The van der Waals surface area contributed by atoms with E-state index in [-0.39, 0.29) is 11.4 Å². The van der Waals surface area contributed by atoms with Crippen LogP contribution in [0.5, 0.6) is 0 Å². The van der Waals surface area contributed by atoms with Crippen molar-refractivity contribution in [3.8, 4) is 0 Å². The number of hydrogen-bond donors (Lipinski definition) is 2. The molecule has 2 aromatic rings. The number of nitrogens with one attached hydrogen (secondary N) is 1. The quantitative estimate of drug-likeness (QED) is 0.851. The molecule has 0 aliphatic heterocycles. The zero-order valence-electron chi connectivity index (χ0n) is 11.6. The lowest BCUT2D eigenvalue weighted by atomic mass is 10.1. The van der Waals surface area contributed by atoms with Crippen molar-refractivity contribution in [2.45, 2.75) is 24.9 Å². The summed E-state index contributed by atoms with van der Waals surface area (Å²) in [5, 5.41) is 0. The van der Waals surface area contributed by atoms with Crippen LogP contribution >= 0.6 is 15.9 Å². The average molecular weight is 369 g/mol. The Hall–Kier alpha value is -1.21. The summed E-state index contributed by atoms with van der Waals surface area (Å²) in [4.78, 5) is 0.216. The Bertz CT molecular complexity index is 745. The van der Waals surface area contributed by atoms with Gasteiger partial charge >= 0.3 is 0 Å². The van der Waals surface area contributed by atoms with Gasteiger partial charge in [-0.3, -0.25) is 0 Å². The van der Waals surface area contributed by atoms with Gasteiger partial charge in [0, 0.05) is 17.6 Å². The lowest BCUT2D eigenvalue weighted by Gasteiger charge is -2.11. The van der Waals surface area contributed by atoms with Crippen molar-refractivity contribution in [3.05, 3.63) is 63.6 Å². The molecule has 0 bridgehead atoms. The molecule has 0 unspecified atom stereocenters. The molecule has 0 aromatic heterocycles. The molecule has 2 rings (SSSR count). The number of aryl methyl sites for hydroxylation is 1. The van der Waals surface area contributed by atoms with E-state index in [1.807, 2.05) is 31.2 Å². The molecule has 0 amide bonds. The predicted octanol–water partition coefficient (Wildman–Crippen LogP) is 2.69. The largest absolute Gasteiger partial charge is 0.326 e. The fourth-order valence-corrected chi connectivity index (χ4v) is 4.08. The van der Waals surface area contributed by atoms with E-state index >= 15 is 0 Å². The molecule has 21 heavy (non-hydrogen) atoms. The second kappa shape index (κ2) is 6.70. The summed E-state index contributed by atoms with van der Waals surface area (Å²) in [7, 11) is -3.57. The lowest BCUT2D eigenvalue weighted by Crippen LogP contribution is -2.24. The molecule has 0 atom stereocenters. The molecule has 2 aromatic carbocycles. The number of halogens is 1. The Morgan fingerprint density at radius 2 is 1.90 bits per heavy atom. The van der Waals surface area contributed by atoms with Gasteiger partial charge in [-0.25, -0.2) is 13.1 Å². The molecule has 0 fully saturated rings. The van der Waals surface area contributed by atoms with Crippen LogP contribution in [0.1, 0.15) is 16.7 Å². The standard InChI is InChI=1S/C15H17BrN2O2S/c1-11-4-2-3-5-13(11)10-18-21(19,20)15-7-6-12(9-17)8-14(15)16/h2-8,18H,9-10,17H2,1H3. The third-order valence-corrected chi connectivity index (χ3v) is 5.61. The van der Waals surface area contributed by atoms with Crippen LogP contribution in [0.4, 0.5) is 0 Å². The first-order chi connectivity index (χ1) is 9.94. The number of nitrogens with two attached hydrogens (primary N) is 1. The molecule has 0 aliphatic rings. The Labute approximate surface area is 133 Å². The third kappa shape index (κ3) is 3.91. The Morgan fingerprint density at radius 3 is 2.52 bits per heavy atom. The molecule has 4 nitrogen and oxygen atoms in total. The summed E-state index contributed by atoms with van der Waals surface area (Å²) in [6.45, 7) is 2.59. The van der Waals surface area contributed by atoms with Gasteiger partial charge in [0.1, 0.15) is 0 Å². The minimum Gasteiger partial charge on any atom is -0.326 e. The van der Waals surface area contributed by atoms with Crippen molar-refractivity contribution in [2.24, 2.45) is 5.73 Å². The zero-order valence-corrected chi connectivity index (χ0v) is 14.0. The summed E-state index contributed by atoms with van der Waals surface area (Å²) in [5.74, 6) is 0. The first kappa shape index (κ1) is 16.2. The van der Waals surface area contributed by atoms with Crippen LogP contribution < -0.4 is 10.5 Å². The number of benzene rings is 2. The monoisotopic (exact) mass is 368 g/mol. The van der Waals surface area contributed by atoms with Crippen molar-refractivity contribution in [3.63, 3.8) is 0 Å². The second-order valence-corrected chi connectivity index (χ2v) is 7.31. The molecule has 3 N–H and O–H groups in total. The normalized spacial score (nSPS) is 11.6. The summed E-state index contributed by atoms with van der Waals surface area (Å²) in [6.07, 6.45) is 0. The molecule has 112 valence electrons. The van der Waals surface area contributed by atoms with E-state index < -0.39 is 10.0 Å². The minimum atomic E-state index is -3.57. The average Bonchev–Trinajstić information content (AvgIpc) is 2.46. The van der Waals surface area contributed by atoms with Gasteiger partial charge in [0.2, 0.25) is 10.0 Å². The van der Waals surface area contributed by atoms with Crippen LogP contribution in [0.15, 0.2) is 51.8 Å². The lowest BCUT2D eigenvalue weighted by molar-refractivity contribution is 0.580. The van der Waals surface area contributed by atoms with Gasteiger partial charge in [-0.1, -0.05) is 30.3 Å². The van der Waals surface area contributed by atoms with Crippen molar-refractivity contribution in [1.82, 2.24) is 4.72 Å². The first-order valence-electron chi connectivity index (χ1n) is 6.46. The molecular formula is C15H17BrN2O2S. The van der Waals surface area contributed by atoms with Crippen LogP contribution in [-0.2, 0) is 23.1 Å². The predicted molar refractivity (Wildman–Crippen MR) is 87.2 cm³/mol. The van der Waals surface area contributed by atoms with Gasteiger partial charge in [0.15, 0.2) is 0 Å². The molecule has 0 aliphatic carbocycles. The summed E-state index contributed by atoms with van der Waals surface area (Å²) >= 11 is 3.29. The van der Waals surface area contributed by atoms with Crippen molar-refractivity contribution >= 4 is 26.0 Å². The maximum atomic E-state index is 12.4. The van der Waals surface area contributed by atoms with Gasteiger partial charge in [-0.05, 0) is 51.7 Å². The Morgan fingerprint density at radius 1 is 1.19 bits per heavy atom. The zero-order chi connectivity index (χ0) is 15.5. The number of hydrogen-bond acceptors (Lipinski definition) is 3. The Kier molecular flexibility index (Phi) is 5.16. The fourth-order valence-electron chi connectivity index (χ4n) is 1.95. The van der Waals surface area contributed by atoms with E-state index in [0.717, 1.165) is 16.7 Å². The van der Waals surface area contributed by atoms with Gasteiger partial charge in [0.25, 0.3) is 0 Å². The second-order valence-electron chi connectivity index (χ2n) is 4.72. The first-order valence-corrected chi connectivity index (χ1v) is 8.74. The summed E-state index contributed by atoms with van der Waals surface area (Å²) in [6, 6.07) is 12.7. The molecule has 0 saturated carbocycles. The van der Waals surface area contributed by atoms with Crippen LogP contribution in [0.3, 0.4) is 0 Å². The van der Waals surface area contributed by atoms with Crippen molar-refractivity contribution in [1.29, 1.82) is 0 Å². The van der Waals surface area contributed by atoms with Gasteiger partial charge in [0.05, 0.1) is 4.90 Å². The van der Waals surface area contributed by atoms with E-state index in [1.165, 1.54) is 0 Å².